The van der Waals surface area contributed by atoms with E-state index >= 15 is 0 Å². The Morgan fingerprint density at radius 2 is 1.86 bits per heavy atom. The second-order valence-corrected chi connectivity index (χ2v) is 5.97. The molecule has 14 heavy (non-hydrogen) atoms. The summed E-state index contributed by atoms with van der Waals surface area (Å²) in [4.78, 5) is 0.333. The van der Waals surface area contributed by atoms with Crippen molar-refractivity contribution in [3.8, 4) is 0 Å². The third kappa shape index (κ3) is 2.28. The molecule has 78 valence electrons. The fraction of sp³-hybridized carbons (Fsp3) is 0.400. The Labute approximate surface area is 89.8 Å². The van der Waals surface area contributed by atoms with Gasteiger partial charge in [0.15, 0.2) is 9.84 Å². The van der Waals surface area contributed by atoms with E-state index < -0.39 is 9.84 Å². The van der Waals surface area contributed by atoms with E-state index in [9.17, 15) is 8.42 Å². The van der Waals surface area contributed by atoms with Crippen molar-refractivity contribution in [2.45, 2.75) is 24.7 Å². The van der Waals surface area contributed by atoms with Crippen molar-refractivity contribution in [2.75, 3.05) is 6.26 Å². The van der Waals surface area contributed by atoms with E-state index in [1.165, 1.54) is 6.26 Å². The van der Waals surface area contributed by atoms with Crippen molar-refractivity contribution in [3.05, 3.63) is 28.8 Å². The van der Waals surface area contributed by atoms with Crippen LogP contribution in [0.2, 0.25) is 5.02 Å². The molecule has 0 radical (unpaired) electrons. The second kappa shape index (κ2) is 3.91. The molecule has 4 heteroatoms. The van der Waals surface area contributed by atoms with Crippen LogP contribution in [-0.4, -0.2) is 14.7 Å². The Hall–Kier alpha value is -0.540. The molecule has 1 aromatic rings. The zero-order valence-electron chi connectivity index (χ0n) is 8.41. The van der Waals surface area contributed by atoms with Gasteiger partial charge in [0.05, 0.1) is 4.90 Å². The zero-order chi connectivity index (χ0) is 10.9. The molecule has 0 aliphatic heterocycles. The van der Waals surface area contributed by atoms with E-state index in [0.29, 0.717) is 15.5 Å². The highest BCUT2D eigenvalue weighted by atomic mass is 35.5. The average molecular weight is 233 g/mol. The first-order valence-electron chi connectivity index (χ1n) is 4.32. The van der Waals surface area contributed by atoms with Crippen LogP contribution in [0.1, 0.15) is 25.3 Å². The standard InChI is InChI=1S/C10H13ClO2S/c1-7(2)10-8(11)5-4-6-9(10)14(3,12)13/h4-7H,1-3H3. The molecular weight excluding hydrogens is 220 g/mol. The molecule has 0 amide bonds. The van der Waals surface area contributed by atoms with Crippen LogP contribution in [0.15, 0.2) is 23.1 Å². The summed E-state index contributed by atoms with van der Waals surface area (Å²) in [6.45, 7) is 3.85. The largest absolute Gasteiger partial charge is 0.224 e. The number of benzene rings is 1. The molecule has 0 fully saturated rings. The van der Waals surface area contributed by atoms with Crippen LogP contribution in [0.25, 0.3) is 0 Å². The predicted molar refractivity (Wildman–Crippen MR) is 58.7 cm³/mol. The second-order valence-electron chi connectivity index (χ2n) is 3.58. The minimum absolute atomic E-state index is 0.105. The zero-order valence-corrected chi connectivity index (χ0v) is 9.98. The molecule has 0 heterocycles. The number of hydrogen-bond donors (Lipinski definition) is 0. The molecule has 2 nitrogen and oxygen atoms in total. The summed E-state index contributed by atoms with van der Waals surface area (Å²) in [5.74, 6) is 0.105. The lowest BCUT2D eigenvalue weighted by Gasteiger charge is -2.12. The maximum Gasteiger partial charge on any atom is 0.175 e. The first-order valence-corrected chi connectivity index (χ1v) is 6.59. The lowest BCUT2D eigenvalue weighted by molar-refractivity contribution is 0.599. The number of rotatable bonds is 2. The van der Waals surface area contributed by atoms with Gasteiger partial charge in [-0.05, 0) is 23.6 Å². The Bertz CT molecular complexity index is 435. The monoisotopic (exact) mass is 232 g/mol. The van der Waals surface area contributed by atoms with Crippen LogP contribution in [0, 0.1) is 0 Å². The van der Waals surface area contributed by atoms with Crippen LogP contribution in [0.5, 0.6) is 0 Å². The van der Waals surface area contributed by atoms with Crippen molar-refractivity contribution < 1.29 is 8.42 Å². The smallest absolute Gasteiger partial charge is 0.175 e. The summed E-state index contributed by atoms with van der Waals surface area (Å²) in [7, 11) is -3.19. The molecule has 0 saturated carbocycles. The molecule has 1 rings (SSSR count). The van der Waals surface area contributed by atoms with Gasteiger partial charge in [0, 0.05) is 11.3 Å². The third-order valence-corrected chi connectivity index (χ3v) is 3.47. The van der Waals surface area contributed by atoms with E-state index in [1.807, 2.05) is 13.8 Å². The molecular formula is C10H13ClO2S. The normalized spacial score (nSPS) is 12.1. The first kappa shape index (κ1) is 11.5. The average Bonchev–Trinajstić information content (AvgIpc) is 2.01. The van der Waals surface area contributed by atoms with Crippen LogP contribution in [0.3, 0.4) is 0 Å². The first-order chi connectivity index (χ1) is 6.34. The molecule has 0 aliphatic carbocycles. The molecule has 0 unspecified atom stereocenters. The van der Waals surface area contributed by atoms with Gasteiger partial charge < -0.3 is 0 Å². The Balaban J connectivity index is 3.52. The minimum atomic E-state index is -3.19. The fourth-order valence-electron chi connectivity index (χ4n) is 1.40. The highest BCUT2D eigenvalue weighted by Crippen LogP contribution is 2.30. The van der Waals surface area contributed by atoms with Gasteiger partial charge in [-0.3, -0.25) is 0 Å². The molecule has 0 aromatic heterocycles. The molecule has 0 atom stereocenters. The van der Waals surface area contributed by atoms with Gasteiger partial charge in [0.1, 0.15) is 0 Å². The maximum atomic E-state index is 11.5. The summed E-state index contributed by atoms with van der Waals surface area (Å²) in [5, 5.41) is 0.517. The number of halogens is 1. The lowest BCUT2D eigenvalue weighted by Crippen LogP contribution is -2.04. The highest BCUT2D eigenvalue weighted by Gasteiger charge is 2.17. The molecule has 0 spiro atoms. The Morgan fingerprint density at radius 1 is 1.29 bits per heavy atom. The molecule has 0 aliphatic rings. The van der Waals surface area contributed by atoms with Crippen molar-refractivity contribution in [1.82, 2.24) is 0 Å². The van der Waals surface area contributed by atoms with Crippen LogP contribution < -0.4 is 0 Å². The van der Waals surface area contributed by atoms with E-state index in [2.05, 4.69) is 0 Å². The van der Waals surface area contributed by atoms with Crippen molar-refractivity contribution in [2.24, 2.45) is 0 Å². The van der Waals surface area contributed by atoms with Crippen LogP contribution in [-0.2, 0) is 9.84 Å². The summed E-state index contributed by atoms with van der Waals surface area (Å²) in [6.07, 6.45) is 1.20. The van der Waals surface area contributed by atoms with E-state index in [0.717, 1.165) is 0 Å². The minimum Gasteiger partial charge on any atom is -0.224 e. The Morgan fingerprint density at radius 3 is 2.21 bits per heavy atom. The maximum absolute atomic E-state index is 11.5. The number of sulfone groups is 1. The lowest BCUT2D eigenvalue weighted by atomic mass is 10.0. The molecule has 0 N–H and O–H groups in total. The van der Waals surface area contributed by atoms with E-state index in [1.54, 1.807) is 18.2 Å². The fourth-order valence-corrected chi connectivity index (χ4v) is 2.92. The molecule has 0 saturated heterocycles. The van der Waals surface area contributed by atoms with Gasteiger partial charge in [-0.15, -0.1) is 0 Å². The SMILES string of the molecule is CC(C)c1c(Cl)cccc1S(C)(=O)=O. The van der Waals surface area contributed by atoms with Crippen molar-refractivity contribution in [1.29, 1.82) is 0 Å². The van der Waals surface area contributed by atoms with E-state index in [4.69, 9.17) is 11.6 Å². The predicted octanol–water partition coefficient (Wildman–Crippen LogP) is 2.87. The van der Waals surface area contributed by atoms with Crippen molar-refractivity contribution in [3.63, 3.8) is 0 Å². The number of hydrogen-bond acceptors (Lipinski definition) is 2. The summed E-state index contributed by atoms with van der Waals surface area (Å²) in [6, 6.07) is 4.96. The highest BCUT2D eigenvalue weighted by molar-refractivity contribution is 7.90. The van der Waals surface area contributed by atoms with Gasteiger partial charge in [-0.2, -0.15) is 0 Å². The van der Waals surface area contributed by atoms with Gasteiger partial charge in [-0.1, -0.05) is 31.5 Å². The molecule has 0 bridgehead atoms. The van der Waals surface area contributed by atoms with Crippen LogP contribution >= 0.6 is 11.6 Å². The summed E-state index contributed by atoms with van der Waals surface area (Å²) >= 11 is 5.97. The summed E-state index contributed by atoms with van der Waals surface area (Å²) < 4.78 is 22.9. The van der Waals surface area contributed by atoms with Gasteiger partial charge in [0.2, 0.25) is 0 Å². The van der Waals surface area contributed by atoms with Gasteiger partial charge in [0.25, 0.3) is 0 Å². The topological polar surface area (TPSA) is 34.1 Å². The third-order valence-electron chi connectivity index (χ3n) is 1.99. The van der Waals surface area contributed by atoms with E-state index in [-0.39, 0.29) is 5.92 Å². The Kier molecular flexibility index (Phi) is 3.22. The quantitative estimate of drug-likeness (QED) is 0.786. The summed E-state index contributed by atoms with van der Waals surface area (Å²) in [5.41, 5.74) is 0.705. The van der Waals surface area contributed by atoms with Gasteiger partial charge in [-0.25, -0.2) is 8.42 Å². The van der Waals surface area contributed by atoms with Crippen molar-refractivity contribution >= 4 is 21.4 Å². The molecule has 1 aromatic carbocycles. The van der Waals surface area contributed by atoms with Gasteiger partial charge >= 0.3 is 0 Å². The van der Waals surface area contributed by atoms with Crippen LogP contribution in [0.4, 0.5) is 0 Å².